The highest BCUT2D eigenvalue weighted by molar-refractivity contribution is 9.10. The number of esters is 1. The molecule has 0 aliphatic rings. The van der Waals surface area contributed by atoms with Gasteiger partial charge in [-0.25, -0.2) is 22.6 Å². The molecule has 0 saturated heterocycles. The molecule has 8 nitrogen and oxygen atoms in total. The summed E-state index contributed by atoms with van der Waals surface area (Å²) in [4.78, 5) is 25.1. The van der Waals surface area contributed by atoms with Crippen LogP contribution in [0, 0.1) is 0 Å². The normalized spacial score (nSPS) is 12.1. The fraction of sp³-hybridized carbons (Fsp3) is 0.412. The number of halogens is 1. The van der Waals surface area contributed by atoms with Crippen LogP contribution < -0.4 is 4.72 Å². The van der Waals surface area contributed by atoms with Gasteiger partial charge in [0.2, 0.25) is 10.0 Å². The fourth-order valence-corrected chi connectivity index (χ4v) is 3.50. The Kier molecular flexibility index (Phi) is 5.91. The molecule has 1 N–H and O–H groups in total. The maximum atomic E-state index is 12.8. The van der Waals surface area contributed by atoms with Crippen molar-refractivity contribution in [2.75, 3.05) is 17.6 Å². The number of carbonyl (C=O) groups excluding carboxylic acids is 2. The predicted octanol–water partition coefficient (Wildman–Crippen LogP) is 3.74. The monoisotopic (exact) mass is 460 g/mol. The number of nitrogens with zero attached hydrogens (tertiary/aromatic N) is 1. The van der Waals surface area contributed by atoms with E-state index in [0.717, 1.165) is 10.8 Å². The summed E-state index contributed by atoms with van der Waals surface area (Å²) in [7, 11) is -3.53. The van der Waals surface area contributed by atoms with Gasteiger partial charge in [0.25, 0.3) is 0 Å². The Bertz CT molecular complexity index is 1000. The van der Waals surface area contributed by atoms with Crippen LogP contribution in [-0.2, 0) is 19.5 Å². The number of hydrogen-bond donors (Lipinski definition) is 1. The van der Waals surface area contributed by atoms with E-state index in [-0.39, 0.29) is 18.0 Å². The molecule has 2 rings (SSSR count). The molecule has 1 aromatic carbocycles. The van der Waals surface area contributed by atoms with Crippen molar-refractivity contribution in [1.29, 1.82) is 0 Å². The van der Waals surface area contributed by atoms with Gasteiger partial charge in [-0.3, -0.25) is 4.72 Å². The van der Waals surface area contributed by atoms with Crippen molar-refractivity contribution in [1.82, 2.24) is 4.57 Å². The summed E-state index contributed by atoms with van der Waals surface area (Å²) in [6.45, 7) is 6.90. The lowest BCUT2D eigenvalue weighted by Gasteiger charge is -2.20. The van der Waals surface area contributed by atoms with Crippen molar-refractivity contribution in [3.05, 3.63) is 28.4 Å². The average molecular weight is 461 g/mol. The van der Waals surface area contributed by atoms with Crippen molar-refractivity contribution in [2.24, 2.45) is 0 Å². The summed E-state index contributed by atoms with van der Waals surface area (Å²) in [5, 5.41) is 0.531. The van der Waals surface area contributed by atoms with E-state index >= 15 is 0 Å². The van der Waals surface area contributed by atoms with Gasteiger partial charge in [0.15, 0.2) is 0 Å². The number of anilines is 1. The predicted molar refractivity (Wildman–Crippen MR) is 106 cm³/mol. The summed E-state index contributed by atoms with van der Waals surface area (Å²) >= 11 is 3.35. The van der Waals surface area contributed by atoms with Gasteiger partial charge in [-0.15, -0.1) is 0 Å². The van der Waals surface area contributed by atoms with Gasteiger partial charge >= 0.3 is 12.1 Å². The Labute approximate surface area is 166 Å². The Morgan fingerprint density at radius 2 is 1.85 bits per heavy atom. The number of hydrogen-bond acceptors (Lipinski definition) is 6. The summed E-state index contributed by atoms with van der Waals surface area (Å²) in [6, 6.07) is 4.48. The van der Waals surface area contributed by atoms with Gasteiger partial charge < -0.3 is 9.47 Å². The van der Waals surface area contributed by atoms with Crippen LogP contribution in [0.15, 0.2) is 22.7 Å². The summed E-state index contributed by atoms with van der Waals surface area (Å²) in [6.07, 6.45) is 0.242. The lowest BCUT2D eigenvalue weighted by Crippen LogP contribution is -2.29. The van der Waals surface area contributed by atoms with Crippen LogP contribution in [0.5, 0.6) is 0 Å². The van der Waals surface area contributed by atoms with Crippen LogP contribution in [0.25, 0.3) is 10.9 Å². The molecular weight excluding hydrogens is 440 g/mol. The molecule has 1 aromatic heterocycles. The molecule has 0 radical (unpaired) electrons. The second-order valence-corrected chi connectivity index (χ2v) is 9.43. The number of carbonyl (C=O) groups is 2. The quantitative estimate of drug-likeness (QED) is 0.696. The number of fused-ring (bicyclic) bond motifs is 1. The first-order valence-electron chi connectivity index (χ1n) is 8.05. The van der Waals surface area contributed by atoms with E-state index in [4.69, 9.17) is 9.47 Å². The first-order chi connectivity index (χ1) is 12.3. The molecule has 0 unspecified atom stereocenters. The standard InChI is InChI=1S/C17H21BrN2O6S/c1-6-25-15(21)14-9-11-12(18)7-10(19-27(5,23)24)8-13(11)20(14)16(22)26-17(2,3)4/h7-9,19H,6H2,1-5H3. The Hall–Kier alpha value is -2.07. The van der Waals surface area contributed by atoms with E-state index in [1.54, 1.807) is 27.7 Å². The third-order valence-corrected chi connectivity index (χ3v) is 4.50. The lowest BCUT2D eigenvalue weighted by molar-refractivity contribution is 0.0454. The molecule has 10 heteroatoms. The minimum absolute atomic E-state index is 0.0155. The summed E-state index contributed by atoms with van der Waals surface area (Å²) in [5.41, 5.74) is -0.277. The Morgan fingerprint density at radius 1 is 1.22 bits per heavy atom. The second kappa shape index (κ2) is 7.51. The fourth-order valence-electron chi connectivity index (χ4n) is 2.39. The van der Waals surface area contributed by atoms with Crippen molar-refractivity contribution >= 4 is 54.6 Å². The minimum atomic E-state index is -3.53. The van der Waals surface area contributed by atoms with Crippen LogP contribution in [0.1, 0.15) is 38.2 Å². The zero-order valence-corrected chi connectivity index (χ0v) is 18.0. The molecule has 0 bridgehead atoms. The van der Waals surface area contributed by atoms with Gasteiger partial charge in [-0.2, -0.15) is 0 Å². The molecule has 0 aliphatic heterocycles. The van der Waals surface area contributed by atoms with Crippen LogP contribution in [0.2, 0.25) is 0 Å². The molecule has 0 spiro atoms. The number of rotatable bonds is 4. The molecule has 0 atom stereocenters. The van der Waals surface area contributed by atoms with Crippen LogP contribution >= 0.6 is 15.9 Å². The average Bonchev–Trinajstić information content (AvgIpc) is 2.84. The molecule has 0 saturated carbocycles. The van der Waals surface area contributed by atoms with E-state index in [0.29, 0.717) is 15.4 Å². The summed E-state index contributed by atoms with van der Waals surface area (Å²) < 4.78 is 37.5. The summed E-state index contributed by atoms with van der Waals surface area (Å²) in [5.74, 6) is -0.691. The molecule has 0 amide bonds. The highest BCUT2D eigenvalue weighted by Crippen LogP contribution is 2.32. The lowest BCUT2D eigenvalue weighted by atomic mass is 10.2. The second-order valence-electron chi connectivity index (χ2n) is 6.83. The van der Waals surface area contributed by atoms with E-state index in [1.807, 2.05) is 0 Å². The molecule has 0 fully saturated rings. The minimum Gasteiger partial charge on any atom is -0.461 e. The third-order valence-electron chi connectivity index (χ3n) is 3.23. The van der Waals surface area contributed by atoms with E-state index in [2.05, 4.69) is 20.7 Å². The van der Waals surface area contributed by atoms with Crippen molar-refractivity contribution in [2.45, 2.75) is 33.3 Å². The highest BCUT2D eigenvalue weighted by atomic mass is 79.9. The topological polar surface area (TPSA) is 104 Å². The van der Waals surface area contributed by atoms with Gasteiger partial charge in [-0.05, 0) is 45.9 Å². The Balaban J connectivity index is 2.74. The zero-order chi connectivity index (χ0) is 20.6. The maximum Gasteiger partial charge on any atom is 0.419 e. The van der Waals surface area contributed by atoms with Crippen molar-refractivity contribution in [3.8, 4) is 0 Å². The number of benzene rings is 1. The van der Waals surface area contributed by atoms with Crippen LogP contribution in [0.4, 0.5) is 10.5 Å². The molecule has 1 heterocycles. The first kappa shape index (κ1) is 21.2. The number of nitrogens with one attached hydrogen (secondary N) is 1. The maximum absolute atomic E-state index is 12.8. The van der Waals surface area contributed by atoms with Crippen LogP contribution in [-0.4, -0.2) is 43.5 Å². The molecule has 0 aliphatic carbocycles. The van der Waals surface area contributed by atoms with Crippen molar-refractivity contribution < 1.29 is 27.5 Å². The van der Waals surface area contributed by atoms with Gasteiger partial charge in [0.1, 0.15) is 11.3 Å². The number of aromatic nitrogens is 1. The third kappa shape index (κ3) is 5.23. The first-order valence-corrected chi connectivity index (χ1v) is 10.7. The van der Waals surface area contributed by atoms with E-state index in [9.17, 15) is 18.0 Å². The smallest absolute Gasteiger partial charge is 0.419 e. The highest BCUT2D eigenvalue weighted by Gasteiger charge is 2.27. The van der Waals surface area contributed by atoms with Crippen LogP contribution in [0.3, 0.4) is 0 Å². The number of ether oxygens (including phenoxy) is 2. The Morgan fingerprint density at radius 3 is 2.37 bits per heavy atom. The number of sulfonamides is 1. The molecular formula is C17H21BrN2O6S. The van der Waals surface area contributed by atoms with E-state index < -0.39 is 27.7 Å². The SMILES string of the molecule is CCOC(=O)c1cc2c(Br)cc(NS(C)(=O)=O)cc2n1C(=O)OC(C)(C)C. The molecule has 27 heavy (non-hydrogen) atoms. The van der Waals surface area contributed by atoms with Gasteiger partial charge in [0.05, 0.1) is 24.1 Å². The van der Waals surface area contributed by atoms with Gasteiger partial charge in [-0.1, -0.05) is 15.9 Å². The zero-order valence-electron chi connectivity index (χ0n) is 15.6. The molecule has 148 valence electrons. The van der Waals surface area contributed by atoms with E-state index in [1.165, 1.54) is 18.2 Å². The van der Waals surface area contributed by atoms with Gasteiger partial charge in [0, 0.05) is 9.86 Å². The largest absolute Gasteiger partial charge is 0.461 e. The molecule has 2 aromatic rings. The van der Waals surface area contributed by atoms with Crippen molar-refractivity contribution in [3.63, 3.8) is 0 Å².